The molecule has 0 radical (unpaired) electrons. The number of aromatic nitrogens is 2. The Morgan fingerprint density at radius 3 is 3.00 bits per heavy atom. The molecule has 3 heterocycles. The van der Waals surface area contributed by atoms with Crippen LogP contribution in [-0.4, -0.2) is 36.5 Å². The molecule has 156 valence electrons. The van der Waals surface area contributed by atoms with Gasteiger partial charge in [-0.2, -0.15) is 0 Å². The summed E-state index contributed by atoms with van der Waals surface area (Å²) in [7, 11) is -3.25. The summed E-state index contributed by atoms with van der Waals surface area (Å²) in [6.07, 6.45) is 5.72. The maximum Gasteiger partial charge on any atom is 0.263 e. The van der Waals surface area contributed by atoms with Crippen molar-refractivity contribution in [2.45, 2.75) is 37.9 Å². The summed E-state index contributed by atoms with van der Waals surface area (Å²) in [6.45, 7) is 2.82. The van der Waals surface area contributed by atoms with E-state index in [9.17, 15) is 13.2 Å². The number of aryl methyl sites for hydroxylation is 1. The van der Waals surface area contributed by atoms with Crippen LogP contribution in [0.1, 0.15) is 29.5 Å². The molecule has 1 aliphatic carbocycles. The molecular weight excluding hydrogens is 430 g/mol. The van der Waals surface area contributed by atoms with Crippen LogP contribution in [0.5, 0.6) is 0 Å². The Morgan fingerprint density at radius 2 is 2.28 bits per heavy atom. The molecule has 3 aromatic rings. The second-order valence-corrected chi connectivity index (χ2v) is 11.4. The third-order valence-electron chi connectivity index (χ3n) is 4.97. The van der Waals surface area contributed by atoms with Crippen LogP contribution in [0.4, 0.5) is 0 Å². The fourth-order valence-electron chi connectivity index (χ4n) is 3.58. The van der Waals surface area contributed by atoms with E-state index in [-0.39, 0.29) is 12.1 Å². The zero-order valence-electron chi connectivity index (χ0n) is 16.3. The van der Waals surface area contributed by atoms with Crippen molar-refractivity contribution in [2.75, 3.05) is 18.6 Å². The fraction of sp³-hybridized carbons (Fsp3) is 0.474. The quantitative estimate of drug-likeness (QED) is 0.336. The molecular formula is C19H23N3O4S3. The highest BCUT2D eigenvalue weighted by molar-refractivity contribution is 7.99. The minimum absolute atomic E-state index is 0.0444. The highest BCUT2D eigenvalue weighted by Crippen LogP contribution is 2.36. The van der Waals surface area contributed by atoms with Gasteiger partial charge in [-0.05, 0) is 42.9 Å². The maximum atomic E-state index is 13.4. The van der Waals surface area contributed by atoms with Crippen molar-refractivity contribution in [3.63, 3.8) is 0 Å². The Kier molecular flexibility index (Phi) is 5.87. The lowest BCUT2D eigenvalue weighted by Gasteiger charge is -2.17. The number of furan rings is 1. The fourth-order valence-corrected chi connectivity index (χ4v) is 6.46. The lowest BCUT2D eigenvalue weighted by molar-refractivity contribution is 0.476. The van der Waals surface area contributed by atoms with Crippen molar-refractivity contribution in [1.82, 2.24) is 14.3 Å². The van der Waals surface area contributed by atoms with Gasteiger partial charge in [-0.1, -0.05) is 18.7 Å². The first-order chi connectivity index (χ1) is 13.8. The van der Waals surface area contributed by atoms with Gasteiger partial charge in [-0.25, -0.2) is 18.1 Å². The van der Waals surface area contributed by atoms with Gasteiger partial charge >= 0.3 is 0 Å². The summed E-state index contributed by atoms with van der Waals surface area (Å²) in [5.41, 5.74) is 1.11. The molecule has 0 saturated carbocycles. The number of hydrogen-bond donors (Lipinski definition) is 1. The predicted octanol–water partition coefficient (Wildman–Crippen LogP) is 2.87. The highest BCUT2D eigenvalue weighted by atomic mass is 32.2. The summed E-state index contributed by atoms with van der Waals surface area (Å²) >= 11 is 2.99. The molecule has 4 rings (SSSR count). The van der Waals surface area contributed by atoms with Crippen molar-refractivity contribution in [3.8, 4) is 0 Å². The number of nitrogens with one attached hydrogen (secondary N) is 1. The molecule has 3 aromatic heterocycles. The largest absolute Gasteiger partial charge is 0.467 e. The molecule has 1 unspecified atom stereocenters. The molecule has 0 bridgehead atoms. The third-order valence-corrected chi connectivity index (χ3v) is 7.83. The molecule has 0 aromatic carbocycles. The predicted molar refractivity (Wildman–Crippen MR) is 116 cm³/mol. The SMILES string of the molecule is CC1CCc2c(sc3nc(SCCNS(C)(=O)=O)n(Cc4ccco4)c(=O)c23)C1. The Labute approximate surface area is 177 Å². The van der Waals surface area contributed by atoms with Gasteiger partial charge in [0.25, 0.3) is 5.56 Å². The van der Waals surface area contributed by atoms with Gasteiger partial charge < -0.3 is 4.42 Å². The molecule has 1 atom stereocenters. The van der Waals surface area contributed by atoms with E-state index >= 15 is 0 Å². The minimum Gasteiger partial charge on any atom is -0.467 e. The molecule has 0 amide bonds. The molecule has 29 heavy (non-hydrogen) atoms. The van der Waals surface area contributed by atoms with E-state index in [4.69, 9.17) is 9.40 Å². The molecule has 0 aliphatic heterocycles. The van der Waals surface area contributed by atoms with E-state index in [1.54, 1.807) is 28.2 Å². The van der Waals surface area contributed by atoms with Crippen LogP contribution in [0.15, 0.2) is 32.8 Å². The first kappa shape index (κ1) is 20.6. The van der Waals surface area contributed by atoms with E-state index < -0.39 is 10.0 Å². The first-order valence-electron chi connectivity index (χ1n) is 9.46. The van der Waals surface area contributed by atoms with Gasteiger partial charge in [0.15, 0.2) is 5.16 Å². The number of fused-ring (bicyclic) bond motifs is 3. The van der Waals surface area contributed by atoms with E-state index in [0.29, 0.717) is 29.1 Å². The van der Waals surface area contributed by atoms with Gasteiger partial charge in [0, 0.05) is 17.2 Å². The molecule has 7 nitrogen and oxygen atoms in total. The molecule has 0 fully saturated rings. The van der Waals surface area contributed by atoms with Crippen molar-refractivity contribution >= 4 is 43.3 Å². The highest BCUT2D eigenvalue weighted by Gasteiger charge is 2.25. The van der Waals surface area contributed by atoms with Crippen molar-refractivity contribution in [2.24, 2.45) is 5.92 Å². The van der Waals surface area contributed by atoms with E-state index in [0.717, 1.165) is 41.3 Å². The molecule has 1 N–H and O–H groups in total. The molecule has 0 spiro atoms. The van der Waals surface area contributed by atoms with Crippen LogP contribution in [0.3, 0.4) is 0 Å². The van der Waals surface area contributed by atoms with Crippen LogP contribution in [0.25, 0.3) is 10.2 Å². The lowest BCUT2D eigenvalue weighted by Crippen LogP contribution is -2.26. The van der Waals surface area contributed by atoms with Crippen molar-refractivity contribution < 1.29 is 12.8 Å². The monoisotopic (exact) mass is 453 g/mol. The second kappa shape index (κ2) is 8.25. The Morgan fingerprint density at radius 1 is 1.45 bits per heavy atom. The summed E-state index contributed by atoms with van der Waals surface area (Å²) in [6, 6.07) is 3.63. The lowest BCUT2D eigenvalue weighted by atomic mass is 9.89. The van der Waals surface area contributed by atoms with Crippen LogP contribution >= 0.6 is 23.1 Å². The average Bonchev–Trinajstić information content (AvgIpc) is 3.27. The van der Waals surface area contributed by atoms with Crippen LogP contribution in [-0.2, 0) is 29.4 Å². The van der Waals surface area contributed by atoms with Crippen LogP contribution < -0.4 is 10.3 Å². The standard InChI is InChI=1S/C19H23N3O4S3/c1-12-5-6-14-15(10-12)28-17-16(14)18(23)22(11-13-4-3-8-26-13)19(21-17)27-9-7-20-29(2,24)25/h3-4,8,12,20H,5-7,9-11H2,1-2H3. The topological polar surface area (TPSA) is 94.2 Å². The number of thioether (sulfide) groups is 1. The average molecular weight is 454 g/mol. The number of sulfonamides is 1. The van der Waals surface area contributed by atoms with E-state index in [1.165, 1.54) is 16.6 Å². The number of thiophene rings is 1. The Bertz CT molecular complexity index is 1180. The number of nitrogens with zero attached hydrogens (tertiary/aromatic N) is 2. The van der Waals surface area contributed by atoms with Gasteiger partial charge in [-0.3, -0.25) is 9.36 Å². The normalized spacial score (nSPS) is 17.0. The third kappa shape index (κ3) is 4.60. The van der Waals surface area contributed by atoms with Crippen LogP contribution in [0.2, 0.25) is 0 Å². The van der Waals surface area contributed by atoms with Gasteiger partial charge in [-0.15, -0.1) is 11.3 Å². The first-order valence-corrected chi connectivity index (χ1v) is 13.2. The van der Waals surface area contributed by atoms with Crippen molar-refractivity contribution in [1.29, 1.82) is 0 Å². The zero-order chi connectivity index (χ0) is 20.6. The smallest absolute Gasteiger partial charge is 0.263 e. The van der Waals surface area contributed by atoms with Crippen LogP contribution in [0, 0.1) is 5.92 Å². The summed E-state index contributed by atoms with van der Waals surface area (Å²) in [5.74, 6) is 1.78. The zero-order valence-corrected chi connectivity index (χ0v) is 18.8. The van der Waals surface area contributed by atoms with E-state index in [1.807, 2.05) is 6.07 Å². The van der Waals surface area contributed by atoms with Gasteiger partial charge in [0.2, 0.25) is 10.0 Å². The summed E-state index contributed by atoms with van der Waals surface area (Å²) < 4.78 is 32.1. The van der Waals surface area contributed by atoms with Crippen molar-refractivity contribution in [3.05, 3.63) is 45.0 Å². The molecule has 10 heteroatoms. The van der Waals surface area contributed by atoms with Gasteiger partial charge in [0.1, 0.15) is 10.6 Å². The molecule has 0 saturated heterocycles. The number of rotatable bonds is 7. The van der Waals surface area contributed by atoms with Gasteiger partial charge in [0.05, 0.1) is 24.4 Å². The Balaban J connectivity index is 1.72. The molecule has 1 aliphatic rings. The minimum atomic E-state index is -3.25. The Hall–Kier alpha value is -1.62. The second-order valence-electron chi connectivity index (χ2n) is 7.41. The summed E-state index contributed by atoms with van der Waals surface area (Å²) in [4.78, 5) is 20.3. The summed E-state index contributed by atoms with van der Waals surface area (Å²) in [5, 5.41) is 1.32. The number of hydrogen-bond acceptors (Lipinski definition) is 7. The van der Waals surface area contributed by atoms with E-state index in [2.05, 4.69) is 11.6 Å². The maximum absolute atomic E-state index is 13.4.